The predicted molar refractivity (Wildman–Crippen MR) is 118 cm³/mol. The van der Waals surface area contributed by atoms with Gasteiger partial charge >= 0.3 is 0 Å². The van der Waals surface area contributed by atoms with E-state index in [4.69, 9.17) is 0 Å². The van der Waals surface area contributed by atoms with Crippen LogP contribution in [0.15, 0.2) is 91.0 Å². The molecule has 0 bridgehead atoms. The van der Waals surface area contributed by atoms with Crippen molar-refractivity contribution in [3.05, 3.63) is 107 Å². The van der Waals surface area contributed by atoms with Crippen LogP contribution in [0.5, 0.6) is 0 Å². The highest BCUT2D eigenvalue weighted by atomic mass is 31.2. The van der Waals surface area contributed by atoms with Crippen LogP contribution in [0.4, 0.5) is 0 Å². The van der Waals surface area contributed by atoms with Gasteiger partial charge in [0.05, 0.1) is 5.54 Å². The Morgan fingerprint density at radius 3 is 1.76 bits per heavy atom. The van der Waals surface area contributed by atoms with Crippen molar-refractivity contribution in [1.29, 1.82) is 0 Å². The lowest BCUT2D eigenvalue weighted by atomic mass is 9.94. The van der Waals surface area contributed by atoms with E-state index in [-0.39, 0.29) is 11.5 Å². The standard InChI is InChI=1S/C23H25N2O3P/c1-23(19-25(26)27,18-17-20-11-5-2-6-12-20)24-29(28,21-13-7-3-8-14-21)22-15-9-4-10-16-22/h2-16H,17-19H2,1H3,(H,24,28). The summed E-state index contributed by atoms with van der Waals surface area (Å²) in [7, 11) is -3.28. The summed E-state index contributed by atoms with van der Waals surface area (Å²) >= 11 is 0. The van der Waals surface area contributed by atoms with Gasteiger partial charge in [-0.2, -0.15) is 0 Å². The zero-order valence-electron chi connectivity index (χ0n) is 16.4. The molecule has 0 radical (unpaired) electrons. The van der Waals surface area contributed by atoms with Gasteiger partial charge in [-0.15, -0.1) is 0 Å². The zero-order chi connectivity index (χ0) is 20.7. The van der Waals surface area contributed by atoms with Crippen LogP contribution in [0.3, 0.4) is 0 Å². The largest absolute Gasteiger partial charge is 0.297 e. The monoisotopic (exact) mass is 408 g/mol. The van der Waals surface area contributed by atoms with Crippen molar-refractivity contribution in [1.82, 2.24) is 5.09 Å². The Morgan fingerprint density at radius 2 is 1.31 bits per heavy atom. The van der Waals surface area contributed by atoms with Gasteiger partial charge < -0.3 is 0 Å². The summed E-state index contributed by atoms with van der Waals surface area (Å²) in [6.45, 7) is 1.47. The van der Waals surface area contributed by atoms with Gasteiger partial charge in [-0.1, -0.05) is 66.7 Å². The number of rotatable bonds is 9. The third-order valence-electron chi connectivity index (χ3n) is 4.95. The van der Waals surface area contributed by atoms with Crippen molar-refractivity contribution in [2.24, 2.45) is 0 Å². The second-order valence-electron chi connectivity index (χ2n) is 7.43. The summed E-state index contributed by atoms with van der Waals surface area (Å²) in [5.41, 5.74) is 0.152. The topological polar surface area (TPSA) is 72.2 Å². The van der Waals surface area contributed by atoms with Crippen molar-refractivity contribution in [2.75, 3.05) is 6.54 Å². The molecule has 1 unspecified atom stereocenters. The van der Waals surface area contributed by atoms with E-state index in [1.54, 1.807) is 6.92 Å². The fraction of sp³-hybridized carbons (Fsp3) is 0.217. The first-order valence-corrected chi connectivity index (χ1v) is 11.3. The highest BCUT2D eigenvalue weighted by Gasteiger charge is 2.39. The smallest absolute Gasteiger partial charge is 0.221 e. The summed E-state index contributed by atoms with van der Waals surface area (Å²) in [5.74, 6) is 0. The number of aryl methyl sites for hydroxylation is 1. The molecule has 0 saturated heterocycles. The molecule has 29 heavy (non-hydrogen) atoms. The fourth-order valence-electron chi connectivity index (χ4n) is 3.45. The van der Waals surface area contributed by atoms with E-state index in [1.807, 2.05) is 91.0 Å². The maximum absolute atomic E-state index is 14.3. The summed E-state index contributed by atoms with van der Waals surface area (Å²) in [5, 5.41) is 16.0. The molecule has 5 nitrogen and oxygen atoms in total. The lowest BCUT2D eigenvalue weighted by Crippen LogP contribution is -2.49. The third-order valence-corrected chi connectivity index (χ3v) is 7.86. The molecule has 3 rings (SSSR count). The van der Waals surface area contributed by atoms with Gasteiger partial charge in [0.2, 0.25) is 13.8 Å². The number of hydrogen-bond donors (Lipinski definition) is 1. The molecule has 3 aromatic rings. The van der Waals surface area contributed by atoms with E-state index in [9.17, 15) is 14.7 Å². The van der Waals surface area contributed by atoms with Crippen molar-refractivity contribution in [3.8, 4) is 0 Å². The first kappa shape index (κ1) is 21.0. The average Bonchev–Trinajstić information content (AvgIpc) is 2.74. The predicted octanol–water partition coefficient (Wildman–Crippen LogP) is 4.17. The molecule has 1 N–H and O–H groups in total. The average molecular weight is 408 g/mol. The van der Waals surface area contributed by atoms with Gasteiger partial charge in [-0.25, -0.2) is 5.09 Å². The third kappa shape index (κ3) is 5.41. The first-order valence-electron chi connectivity index (χ1n) is 9.58. The van der Waals surface area contributed by atoms with Crippen molar-refractivity contribution >= 4 is 17.9 Å². The fourth-order valence-corrected chi connectivity index (χ4v) is 6.14. The van der Waals surface area contributed by atoms with Crippen LogP contribution < -0.4 is 15.7 Å². The van der Waals surface area contributed by atoms with E-state index < -0.39 is 12.8 Å². The van der Waals surface area contributed by atoms with Crippen molar-refractivity contribution in [2.45, 2.75) is 25.3 Å². The number of nitro groups is 1. The second kappa shape index (κ2) is 9.17. The molecule has 150 valence electrons. The van der Waals surface area contributed by atoms with Gasteiger partial charge in [-0.05, 0) is 49.6 Å². The molecule has 6 heteroatoms. The van der Waals surface area contributed by atoms with Gasteiger partial charge in [-0.3, -0.25) is 14.7 Å². The van der Waals surface area contributed by atoms with Gasteiger partial charge in [0.25, 0.3) is 0 Å². The molecule has 0 aliphatic heterocycles. The molecule has 0 fully saturated rings. The molecule has 0 amide bonds. The molecule has 0 spiro atoms. The van der Waals surface area contributed by atoms with Crippen LogP contribution in [0.1, 0.15) is 18.9 Å². The van der Waals surface area contributed by atoms with E-state index >= 15 is 0 Å². The Bertz CT molecular complexity index is 937. The first-order chi connectivity index (χ1) is 13.9. The SMILES string of the molecule is CC(CCc1ccccc1)(C[N+](=O)[O-])NP(=O)(c1ccccc1)c1ccccc1. The van der Waals surface area contributed by atoms with Gasteiger partial charge in [0.15, 0.2) is 0 Å². The van der Waals surface area contributed by atoms with Crippen LogP contribution in [0.25, 0.3) is 0 Å². The number of nitrogens with zero attached hydrogens (tertiary/aromatic N) is 1. The molecule has 3 aromatic carbocycles. The molecular formula is C23H25N2O3P. The normalized spacial score (nSPS) is 13.6. The summed E-state index contributed by atoms with van der Waals surface area (Å²) in [6, 6.07) is 28.2. The minimum atomic E-state index is -3.28. The summed E-state index contributed by atoms with van der Waals surface area (Å²) < 4.78 is 14.3. The van der Waals surface area contributed by atoms with Gasteiger partial charge in [0, 0.05) is 15.5 Å². The van der Waals surface area contributed by atoms with Gasteiger partial charge in [0.1, 0.15) is 0 Å². The second-order valence-corrected chi connectivity index (χ2v) is 9.90. The van der Waals surface area contributed by atoms with Crippen LogP contribution >= 0.6 is 7.29 Å². The Labute approximate surface area is 171 Å². The number of hydrogen-bond acceptors (Lipinski definition) is 3. The lowest BCUT2D eigenvalue weighted by molar-refractivity contribution is -0.489. The van der Waals surface area contributed by atoms with E-state index in [0.29, 0.717) is 23.5 Å². The number of nitrogens with one attached hydrogen (secondary N) is 1. The minimum Gasteiger partial charge on any atom is -0.297 e. The Hall–Kier alpha value is -2.75. The highest BCUT2D eigenvalue weighted by Crippen LogP contribution is 2.42. The Kier molecular flexibility index (Phi) is 6.63. The van der Waals surface area contributed by atoms with E-state index in [1.165, 1.54) is 0 Å². The van der Waals surface area contributed by atoms with E-state index in [2.05, 4.69) is 5.09 Å². The molecular weight excluding hydrogens is 383 g/mol. The molecule has 0 aliphatic rings. The Balaban J connectivity index is 1.97. The maximum Gasteiger partial charge on any atom is 0.221 e. The quantitative estimate of drug-likeness (QED) is 0.328. The van der Waals surface area contributed by atoms with Crippen LogP contribution in [0.2, 0.25) is 0 Å². The molecule has 0 aliphatic carbocycles. The molecule has 0 saturated carbocycles. The van der Waals surface area contributed by atoms with Crippen LogP contribution in [-0.4, -0.2) is 17.0 Å². The van der Waals surface area contributed by atoms with Crippen molar-refractivity contribution in [3.63, 3.8) is 0 Å². The molecule has 0 heterocycles. The summed E-state index contributed by atoms with van der Waals surface area (Å²) in [4.78, 5) is 11.1. The van der Waals surface area contributed by atoms with Crippen LogP contribution in [-0.2, 0) is 11.0 Å². The maximum atomic E-state index is 14.3. The van der Waals surface area contributed by atoms with Crippen molar-refractivity contribution < 1.29 is 9.49 Å². The molecule has 1 atom stereocenters. The zero-order valence-corrected chi connectivity index (χ0v) is 17.3. The molecule has 0 aromatic heterocycles. The Morgan fingerprint density at radius 1 is 0.862 bits per heavy atom. The minimum absolute atomic E-state index is 0.316. The van der Waals surface area contributed by atoms with E-state index in [0.717, 1.165) is 5.56 Å². The van der Waals surface area contributed by atoms with Crippen LogP contribution in [0, 0.1) is 10.1 Å². The number of benzene rings is 3. The summed E-state index contributed by atoms with van der Waals surface area (Å²) in [6.07, 6.45) is 1.14. The highest BCUT2D eigenvalue weighted by molar-refractivity contribution is 7.77. The lowest BCUT2D eigenvalue weighted by Gasteiger charge is -2.33.